The number of benzene rings is 2. The first kappa shape index (κ1) is 20.0. The topological polar surface area (TPSA) is 79.7 Å². The molecule has 5 rings (SSSR count). The minimum absolute atomic E-state index is 0.0654. The molecule has 0 spiro atoms. The normalized spacial score (nSPS) is 21.5. The monoisotopic (exact) mass is 426 g/mol. The first-order valence-electron chi connectivity index (χ1n) is 10.5. The Balaban J connectivity index is 1.62. The second-order valence-electron chi connectivity index (χ2n) is 8.15. The van der Waals surface area contributed by atoms with Crippen LogP contribution >= 0.6 is 0 Å². The first-order valence-corrected chi connectivity index (χ1v) is 10.5. The highest BCUT2D eigenvalue weighted by Gasteiger charge is 2.46. The third-order valence-corrected chi connectivity index (χ3v) is 5.93. The lowest BCUT2D eigenvalue weighted by Crippen LogP contribution is -2.29. The molecule has 1 N–H and O–H groups in total. The van der Waals surface area contributed by atoms with E-state index in [0.29, 0.717) is 5.56 Å². The predicted octanol–water partition coefficient (Wildman–Crippen LogP) is 4.03. The molecule has 3 aromatic rings. The lowest BCUT2D eigenvalue weighted by atomic mass is 9.95. The molecule has 0 radical (unpaired) electrons. The average molecular weight is 426 g/mol. The van der Waals surface area contributed by atoms with Crippen molar-refractivity contribution < 1.29 is 19.4 Å². The SMILES string of the molecule is C[C@H]1Cc2cc(C(O)=C3C(=O)C(=O)N(Cc4ccccc4)[C@H]3c3ccncc3)ccc2O1. The lowest BCUT2D eigenvalue weighted by Gasteiger charge is -2.25. The molecule has 2 atom stereocenters. The number of carbonyl (C=O) groups excluding carboxylic acids is 2. The maximum absolute atomic E-state index is 13.1. The van der Waals surface area contributed by atoms with Crippen molar-refractivity contribution in [2.45, 2.75) is 32.0 Å². The molecule has 0 unspecified atom stereocenters. The fourth-order valence-corrected chi connectivity index (χ4v) is 4.44. The van der Waals surface area contributed by atoms with E-state index in [0.717, 1.165) is 28.9 Å². The zero-order chi connectivity index (χ0) is 22.2. The van der Waals surface area contributed by atoms with Crippen LogP contribution in [0.25, 0.3) is 5.76 Å². The number of Topliss-reactive ketones (excluding diaryl/α,β-unsaturated/α-hetero) is 1. The quantitative estimate of drug-likeness (QED) is 0.387. The van der Waals surface area contributed by atoms with E-state index in [1.54, 1.807) is 36.7 Å². The molecule has 160 valence electrons. The first-order chi connectivity index (χ1) is 15.5. The average Bonchev–Trinajstić information content (AvgIpc) is 3.31. The number of hydrogen-bond donors (Lipinski definition) is 1. The van der Waals surface area contributed by atoms with Gasteiger partial charge >= 0.3 is 0 Å². The van der Waals surface area contributed by atoms with Crippen molar-refractivity contribution in [1.82, 2.24) is 9.88 Å². The zero-order valence-electron chi connectivity index (χ0n) is 17.6. The van der Waals surface area contributed by atoms with Crippen LogP contribution in [0.2, 0.25) is 0 Å². The molecule has 2 aromatic carbocycles. The third-order valence-electron chi connectivity index (χ3n) is 5.93. The number of rotatable bonds is 4. The zero-order valence-corrected chi connectivity index (χ0v) is 17.6. The van der Waals surface area contributed by atoms with Crippen molar-refractivity contribution in [3.63, 3.8) is 0 Å². The summed E-state index contributed by atoms with van der Waals surface area (Å²) < 4.78 is 5.75. The van der Waals surface area contributed by atoms with Gasteiger partial charge in [-0.3, -0.25) is 14.6 Å². The van der Waals surface area contributed by atoms with Crippen LogP contribution in [0.15, 0.2) is 78.6 Å². The van der Waals surface area contributed by atoms with E-state index in [9.17, 15) is 14.7 Å². The van der Waals surface area contributed by atoms with Crippen molar-refractivity contribution in [2.24, 2.45) is 0 Å². The van der Waals surface area contributed by atoms with Crippen LogP contribution < -0.4 is 4.74 Å². The number of carbonyl (C=O) groups is 2. The molecule has 0 aliphatic carbocycles. The Kier molecular flexibility index (Phi) is 4.98. The number of nitrogens with zero attached hydrogens (tertiary/aromatic N) is 2. The maximum Gasteiger partial charge on any atom is 0.295 e. The molecule has 1 aromatic heterocycles. The van der Waals surface area contributed by atoms with Crippen molar-refractivity contribution >= 4 is 17.4 Å². The van der Waals surface area contributed by atoms with Gasteiger partial charge in [0.2, 0.25) is 0 Å². The molecule has 1 fully saturated rings. The van der Waals surface area contributed by atoms with Gasteiger partial charge in [-0.25, -0.2) is 0 Å². The molecule has 6 heteroatoms. The summed E-state index contributed by atoms with van der Waals surface area (Å²) in [5.74, 6) is -0.715. The predicted molar refractivity (Wildman–Crippen MR) is 119 cm³/mol. The number of ketones is 1. The van der Waals surface area contributed by atoms with Crippen molar-refractivity contribution in [3.8, 4) is 5.75 Å². The Morgan fingerprint density at radius 3 is 2.59 bits per heavy atom. The van der Waals surface area contributed by atoms with Crippen molar-refractivity contribution in [2.75, 3.05) is 0 Å². The highest BCUT2D eigenvalue weighted by molar-refractivity contribution is 6.46. The number of fused-ring (bicyclic) bond motifs is 1. The Hall–Kier alpha value is -3.93. The van der Waals surface area contributed by atoms with Crippen LogP contribution in [0.4, 0.5) is 0 Å². The fourth-order valence-electron chi connectivity index (χ4n) is 4.44. The van der Waals surface area contributed by atoms with Crippen molar-refractivity contribution in [1.29, 1.82) is 0 Å². The van der Waals surface area contributed by atoms with E-state index < -0.39 is 17.7 Å². The number of ether oxygens (including phenoxy) is 1. The highest BCUT2D eigenvalue weighted by Crippen LogP contribution is 2.41. The molecular weight excluding hydrogens is 404 g/mol. The van der Waals surface area contributed by atoms with Crippen LogP contribution in [-0.2, 0) is 22.6 Å². The summed E-state index contributed by atoms with van der Waals surface area (Å²) >= 11 is 0. The minimum Gasteiger partial charge on any atom is -0.507 e. The van der Waals surface area contributed by atoms with Gasteiger partial charge in [-0.15, -0.1) is 0 Å². The summed E-state index contributed by atoms with van der Waals surface area (Å²) in [6, 6.07) is 17.7. The van der Waals surface area contributed by atoms with E-state index in [4.69, 9.17) is 4.74 Å². The maximum atomic E-state index is 13.1. The van der Waals surface area contributed by atoms with Gasteiger partial charge in [0.25, 0.3) is 11.7 Å². The number of aliphatic hydroxyl groups excluding tert-OH is 1. The van der Waals surface area contributed by atoms with Gasteiger partial charge in [0.05, 0.1) is 11.6 Å². The molecule has 2 aliphatic heterocycles. The molecule has 0 saturated carbocycles. The van der Waals surface area contributed by atoms with E-state index in [-0.39, 0.29) is 24.0 Å². The summed E-state index contributed by atoms with van der Waals surface area (Å²) in [4.78, 5) is 31.8. The Morgan fingerprint density at radius 2 is 1.84 bits per heavy atom. The van der Waals surface area contributed by atoms with Crippen LogP contribution in [0, 0.1) is 0 Å². The van der Waals surface area contributed by atoms with Gasteiger partial charge in [-0.1, -0.05) is 30.3 Å². The van der Waals surface area contributed by atoms with Gasteiger partial charge in [0.15, 0.2) is 0 Å². The molecule has 0 bridgehead atoms. The second kappa shape index (κ2) is 7.96. The van der Waals surface area contributed by atoms with E-state index >= 15 is 0 Å². The van der Waals surface area contributed by atoms with Crippen molar-refractivity contribution in [3.05, 3.63) is 101 Å². The number of hydrogen-bond acceptors (Lipinski definition) is 5. The van der Waals surface area contributed by atoms with Gasteiger partial charge in [0, 0.05) is 30.9 Å². The van der Waals surface area contributed by atoms with E-state index in [1.807, 2.05) is 43.3 Å². The third kappa shape index (κ3) is 3.43. The van der Waals surface area contributed by atoms with Gasteiger partial charge in [0.1, 0.15) is 17.6 Å². The number of aliphatic hydroxyl groups is 1. The summed E-state index contributed by atoms with van der Waals surface area (Å²) in [5, 5.41) is 11.2. The molecular formula is C26H22N2O4. The molecule has 6 nitrogen and oxygen atoms in total. The Labute approximate surface area is 185 Å². The van der Waals surface area contributed by atoms with Gasteiger partial charge in [-0.05, 0) is 53.9 Å². The molecule has 3 heterocycles. The van der Waals surface area contributed by atoms with E-state index in [2.05, 4.69) is 4.98 Å². The Morgan fingerprint density at radius 1 is 1.09 bits per heavy atom. The largest absolute Gasteiger partial charge is 0.507 e. The standard InChI is InChI=1S/C26H22N2O4/c1-16-13-20-14-19(7-8-21(20)32-16)24(29)22-23(18-9-11-27-12-10-18)28(26(31)25(22)30)15-17-5-3-2-4-6-17/h2-12,14,16,23,29H,13,15H2,1H3/t16-,23-/m0/s1. The number of amides is 1. The van der Waals surface area contributed by atoms with Gasteiger partial charge < -0.3 is 14.7 Å². The highest BCUT2D eigenvalue weighted by atomic mass is 16.5. The van der Waals surface area contributed by atoms with Crippen LogP contribution in [0.5, 0.6) is 5.75 Å². The summed E-state index contributed by atoms with van der Waals surface area (Å²) in [6.45, 7) is 2.24. The van der Waals surface area contributed by atoms with Gasteiger partial charge in [-0.2, -0.15) is 0 Å². The molecule has 1 saturated heterocycles. The minimum atomic E-state index is -0.707. The molecule has 32 heavy (non-hydrogen) atoms. The number of pyridine rings is 1. The van der Waals surface area contributed by atoms with E-state index in [1.165, 1.54) is 4.90 Å². The number of likely N-dealkylation sites (tertiary alicyclic amines) is 1. The summed E-state index contributed by atoms with van der Waals surface area (Å²) in [5.41, 5.74) is 3.18. The smallest absolute Gasteiger partial charge is 0.295 e. The fraction of sp³-hybridized carbons (Fsp3) is 0.192. The second-order valence-corrected chi connectivity index (χ2v) is 8.15. The molecule has 2 aliphatic rings. The van der Waals surface area contributed by atoms with Crippen LogP contribution in [0.1, 0.15) is 35.2 Å². The van der Waals surface area contributed by atoms with Crippen LogP contribution in [0.3, 0.4) is 0 Å². The molecule has 1 amide bonds. The lowest BCUT2D eigenvalue weighted by molar-refractivity contribution is -0.140. The Bertz CT molecular complexity index is 1220. The summed E-state index contributed by atoms with van der Waals surface area (Å²) in [7, 11) is 0. The summed E-state index contributed by atoms with van der Waals surface area (Å²) in [6.07, 6.45) is 4.03. The number of aromatic nitrogens is 1. The van der Waals surface area contributed by atoms with Crippen LogP contribution in [-0.4, -0.2) is 32.8 Å².